The largest absolute Gasteiger partial charge is 0.235 e. The second-order valence-electron chi connectivity index (χ2n) is 4.96. The molecule has 1 aliphatic carbocycles. The maximum atomic E-state index is 13.3. The fraction of sp³-hybridized carbons (Fsp3) is 0.250. The number of benzene rings is 1. The standard InChI is InChI=1S/C16H12F2N2S/c17-13-6-5-11(7-14(13)18)15-9-21-16(20-15)12(8-19)10-3-1-2-4-10/h5-7,9H,1-4H2. The van der Waals surface area contributed by atoms with Crippen LogP contribution >= 0.6 is 11.3 Å². The first-order valence-electron chi connectivity index (χ1n) is 6.72. The lowest BCUT2D eigenvalue weighted by Crippen LogP contribution is -1.88. The van der Waals surface area contributed by atoms with E-state index in [1.54, 1.807) is 5.38 Å². The molecule has 0 N–H and O–H groups in total. The van der Waals surface area contributed by atoms with Gasteiger partial charge in [-0.3, -0.25) is 0 Å². The molecule has 2 aromatic rings. The number of nitriles is 1. The zero-order valence-electron chi connectivity index (χ0n) is 11.2. The summed E-state index contributed by atoms with van der Waals surface area (Å²) in [6.45, 7) is 0. The van der Waals surface area contributed by atoms with Gasteiger partial charge in [-0.25, -0.2) is 13.8 Å². The van der Waals surface area contributed by atoms with Crippen LogP contribution in [0.4, 0.5) is 8.78 Å². The summed E-state index contributed by atoms with van der Waals surface area (Å²) in [5, 5.41) is 11.8. The van der Waals surface area contributed by atoms with Gasteiger partial charge < -0.3 is 0 Å². The Kier molecular flexibility index (Phi) is 3.80. The first kappa shape index (κ1) is 13.9. The van der Waals surface area contributed by atoms with Crippen molar-refractivity contribution in [3.8, 4) is 17.3 Å². The van der Waals surface area contributed by atoms with Crippen LogP contribution in [0.25, 0.3) is 16.8 Å². The van der Waals surface area contributed by atoms with Crippen LogP contribution in [0.1, 0.15) is 30.7 Å². The van der Waals surface area contributed by atoms with E-state index >= 15 is 0 Å². The predicted molar refractivity (Wildman–Crippen MR) is 78.5 cm³/mol. The molecular weight excluding hydrogens is 290 g/mol. The van der Waals surface area contributed by atoms with Crippen LogP contribution in [0.2, 0.25) is 0 Å². The minimum Gasteiger partial charge on any atom is -0.235 e. The Morgan fingerprint density at radius 1 is 1.19 bits per heavy atom. The maximum absolute atomic E-state index is 13.3. The Morgan fingerprint density at radius 2 is 1.95 bits per heavy atom. The monoisotopic (exact) mass is 302 g/mol. The molecule has 0 aliphatic heterocycles. The molecule has 5 heteroatoms. The van der Waals surface area contributed by atoms with E-state index < -0.39 is 11.6 Å². The molecule has 0 radical (unpaired) electrons. The first-order valence-corrected chi connectivity index (χ1v) is 7.60. The van der Waals surface area contributed by atoms with E-state index in [1.807, 2.05) is 0 Å². The highest BCUT2D eigenvalue weighted by Gasteiger charge is 2.17. The van der Waals surface area contributed by atoms with Gasteiger partial charge in [0.15, 0.2) is 11.6 Å². The lowest BCUT2D eigenvalue weighted by atomic mass is 10.1. The van der Waals surface area contributed by atoms with E-state index in [4.69, 9.17) is 0 Å². The second kappa shape index (κ2) is 5.74. The average molecular weight is 302 g/mol. The van der Waals surface area contributed by atoms with E-state index in [1.165, 1.54) is 17.4 Å². The van der Waals surface area contributed by atoms with Crippen molar-refractivity contribution in [3.63, 3.8) is 0 Å². The smallest absolute Gasteiger partial charge is 0.159 e. The Balaban J connectivity index is 1.98. The van der Waals surface area contributed by atoms with Gasteiger partial charge in [0, 0.05) is 10.9 Å². The molecule has 0 bridgehead atoms. The summed E-state index contributed by atoms with van der Waals surface area (Å²) in [4.78, 5) is 4.42. The van der Waals surface area contributed by atoms with Gasteiger partial charge in [-0.1, -0.05) is 0 Å². The summed E-state index contributed by atoms with van der Waals surface area (Å²) in [6.07, 6.45) is 4.12. The van der Waals surface area contributed by atoms with Gasteiger partial charge >= 0.3 is 0 Å². The number of hydrogen-bond donors (Lipinski definition) is 0. The van der Waals surface area contributed by atoms with Crippen molar-refractivity contribution >= 4 is 16.9 Å². The number of allylic oxidation sites excluding steroid dienone is 2. The highest BCUT2D eigenvalue weighted by atomic mass is 32.1. The highest BCUT2D eigenvalue weighted by Crippen LogP contribution is 2.34. The van der Waals surface area contributed by atoms with E-state index in [9.17, 15) is 14.0 Å². The molecular formula is C16H12F2N2S. The number of halogens is 2. The molecule has 21 heavy (non-hydrogen) atoms. The van der Waals surface area contributed by atoms with Gasteiger partial charge in [0.2, 0.25) is 0 Å². The van der Waals surface area contributed by atoms with E-state index in [2.05, 4.69) is 11.1 Å². The zero-order chi connectivity index (χ0) is 14.8. The zero-order valence-corrected chi connectivity index (χ0v) is 12.0. The summed E-state index contributed by atoms with van der Waals surface area (Å²) >= 11 is 1.37. The van der Waals surface area contributed by atoms with Gasteiger partial charge in [-0.15, -0.1) is 11.3 Å². The number of rotatable bonds is 2. The molecule has 3 rings (SSSR count). The molecule has 1 saturated carbocycles. The molecule has 1 heterocycles. The van der Waals surface area contributed by atoms with Crippen molar-refractivity contribution in [2.75, 3.05) is 0 Å². The third kappa shape index (κ3) is 2.72. The Hall–Kier alpha value is -2.06. The quantitative estimate of drug-likeness (QED) is 0.737. The molecule has 1 aromatic carbocycles. The van der Waals surface area contributed by atoms with Gasteiger partial charge in [0.25, 0.3) is 0 Å². The lowest BCUT2D eigenvalue weighted by molar-refractivity contribution is 0.509. The first-order chi connectivity index (χ1) is 10.2. The molecule has 1 aromatic heterocycles. The fourth-order valence-electron chi connectivity index (χ4n) is 2.51. The third-order valence-corrected chi connectivity index (χ3v) is 4.47. The van der Waals surface area contributed by atoms with Crippen LogP contribution in [0, 0.1) is 23.0 Å². The van der Waals surface area contributed by atoms with Crippen LogP contribution < -0.4 is 0 Å². The van der Waals surface area contributed by atoms with Gasteiger partial charge in [-0.05, 0) is 49.5 Å². The topological polar surface area (TPSA) is 36.7 Å². The Labute approximate surface area is 125 Å². The normalized spacial score (nSPS) is 14.2. The second-order valence-corrected chi connectivity index (χ2v) is 5.82. The SMILES string of the molecule is N#CC(=C1CCCC1)c1nc(-c2ccc(F)c(F)c2)cs1. The molecule has 0 atom stereocenters. The minimum absolute atomic E-state index is 0.519. The van der Waals surface area contributed by atoms with E-state index in [0.717, 1.165) is 43.4 Å². The molecule has 1 fully saturated rings. The van der Waals surface area contributed by atoms with E-state index in [-0.39, 0.29) is 0 Å². The summed E-state index contributed by atoms with van der Waals surface area (Å²) in [6, 6.07) is 5.95. The van der Waals surface area contributed by atoms with Gasteiger partial charge in [0.1, 0.15) is 11.1 Å². The van der Waals surface area contributed by atoms with Crippen LogP contribution in [0.5, 0.6) is 0 Å². The summed E-state index contributed by atoms with van der Waals surface area (Å²) < 4.78 is 26.2. The molecule has 2 nitrogen and oxygen atoms in total. The number of nitrogens with zero attached hydrogens (tertiary/aromatic N) is 2. The maximum Gasteiger partial charge on any atom is 0.159 e. The summed E-state index contributed by atoms with van der Waals surface area (Å²) in [7, 11) is 0. The predicted octanol–water partition coefficient (Wildman–Crippen LogP) is 4.94. The van der Waals surface area contributed by atoms with Crippen LogP contribution in [0.3, 0.4) is 0 Å². The molecule has 0 amide bonds. The number of thiazole rings is 1. The van der Waals surface area contributed by atoms with Gasteiger partial charge in [0.05, 0.1) is 11.3 Å². The summed E-state index contributed by atoms with van der Waals surface area (Å²) in [5.41, 5.74) is 2.89. The van der Waals surface area contributed by atoms with Crippen molar-refractivity contribution in [1.82, 2.24) is 4.98 Å². The van der Waals surface area contributed by atoms with Crippen LogP contribution in [0.15, 0.2) is 29.2 Å². The van der Waals surface area contributed by atoms with Crippen LogP contribution in [-0.2, 0) is 0 Å². The van der Waals surface area contributed by atoms with Gasteiger partial charge in [-0.2, -0.15) is 5.26 Å². The number of aromatic nitrogens is 1. The van der Waals surface area contributed by atoms with Crippen molar-refractivity contribution in [2.24, 2.45) is 0 Å². The van der Waals surface area contributed by atoms with Crippen molar-refractivity contribution in [2.45, 2.75) is 25.7 Å². The molecule has 0 unspecified atom stereocenters. The van der Waals surface area contributed by atoms with Crippen LogP contribution in [-0.4, -0.2) is 4.98 Å². The Bertz CT molecular complexity index is 748. The molecule has 0 spiro atoms. The van der Waals surface area contributed by atoms with Crippen molar-refractivity contribution < 1.29 is 8.78 Å². The Morgan fingerprint density at radius 3 is 2.62 bits per heavy atom. The molecule has 1 aliphatic rings. The third-order valence-electron chi connectivity index (χ3n) is 3.61. The fourth-order valence-corrected chi connectivity index (χ4v) is 3.38. The van der Waals surface area contributed by atoms with Crippen molar-refractivity contribution in [3.05, 3.63) is 45.8 Å². The summed E-state index contributed by atoms with van der Waals surface area (Å²) in [5.74, 6) is -1.77. The highest BCUT2D eigenvalue weighted by molar-refractivity contribution is 7.11. The molecule has 106 valence electrons. The number of hydrogen-bond acceptors (Lipinski definition) is 3. The average Bonchev–Trinajstić information content (AvgIpc) is 3.15. The molecule has 0 saturated heterocycles. The van der Waals surface area contributed by atoms with E-state index in [0.29, 0.717) is 21.8 Å². The minimum atomic E-state index is -0.892. The lowest BCUT2D eigenvalue weighted by Gasteiger charge is -2.00. The van der Waals surface area contributed by atoms with Crippen molar-refractivity contribution in [1.29, 1.82) is 5.26 Å².